The molecule has 0 aliphatic rings. The molecule has 3 heteroatoms. The molecule has 0 radical (unpaired) electrons. The molecular weight excluding hydrogens is 199 g/mol. The lowest BCUT2D eigenvalue weighted by atomic mass is 9.77. The zero-order valence-electron chi connectivity index (χ0n) is 10.9. The van der Waals surface area contributed by atoms with E-state index in [1.54, 1.807) is 7.11 Å². The normalized spacial score (nSPS) is 11.6. The summed E-state index contributed by atoms with van der Waals surface area (Å²) in [6.45, 7) is 8.23. The van der Waals surface area contributed by atoms with E-state index < -0.39 is 0 Å². The van der Waals surface area contributed by atoms with Gasteiger partial charge in [-0.1, -0.05) is 31.2 Å². The van der Waals surface area contributed by atoms with Crippen LogP contribution in [0.1, 0.15) is 33.3 Å². The van der Waals surface area contributed by atoms with Crippen molar-refractivity contribution in [1.82, 2.24) is 0 Å². The molecule has 1 rings (SSSR count). The molecule has 16 heavy (non-hydrogen) atoms. The first-order valence-electron chi connectivity index (χ1n) is 5.75. The van der Waals surface area contributed by atoms with Crippen LogP contribution >= 0.6 is 0 Å². The Morgan fingerprint density at radius 2 is 1.69 bits per heavy atom. The molecule has 0 aliphatic heterocycles. The second-order valence-corrected chi connectivity index (χ2v) is 4.89. The van der Waals surface area contributed by atoms with Crippen LogP contribution in [0.5, 0.6) is 0 Å². The van der Waals surface area contributed by atoms with Gasteiger partial charge in [-0.05, 0) is 38.2 Å². The summed E-state index contributed by atoms with van der Waals surface area (Å²) in [5.74, 6) is 0. The van der Waals surface area contributed by atoms with Crippen LogP contribution in [0.25, 0.3) is 0 Å². The molecule has 0 spiro atoms. The van der Waals surface area contributed by atoms with Gasteiger partial charge in [0.25, 0.3) is 0 Å². The standard InChI is InChI=1S/C13H21BO2/c1-6-11-7-9-12(10-8-11)14(15-5)16-13(2,3)4/h7-10H,6H2,1-5H3. The van der Waals surface area contributed by atoms with Crippen LogP contribution in [0, 0.1) is 0 Å². The minimum atomic E-state index is -0.286. The van der Waals surface area contributed by atoms with Crippen LogP contribution in [-0.2, 0) is 15.7 Å². The zero-order chi connectivity index (χ0) is 12.2. The first-order valence-corrected chi connectivity index (χ1v) is 5.75. The van der Waals surface area contributed by atoms with E-state index in [1.807, 2.05) is 20.8 Å². The Hall–Kier alpha value is -0.795. The molecule has 0 aromatic heterocycles. The van der Waals surface area contributed by atoms with Crippen molar-refractivity contribution in [3.05, 3.63) is 29.8 Å². The van der Waals surface area contributed by atoms with Crippen molar-refractivity contribution in [3.63, 3.8) is 0 Å². The molecule has 0 N–H and O–H groups in total. The monoisotopic (exact) mass is 220 g/mol. The van der Waals surface area contributed by atoms with Crippen molar-refractivity contribution in [2.75, 3.05) is 7.11 Å². The van der Waals surface area contributed by atoms with Gasteiger partial charge >= 0.3 is 7.12 Å². The van der Waals surface area contributed by atoms with E-state index in [4.69, 9.17) is 9.31 Å². The van der Waals surface area contributed by atoms with E-state index in [0.29, 0.717) is 0 Å². The molecule has 0 fully saturated rings. The lowest BCUT2D eigenvalue weighted by Crippen LogP contribution is -2.41. The molecule has 1 aromatic rings. The van der Waals surface area contributed by atoms with Gasteiger partial charge in [-0.25, -0.2) is 0 Å². The summed E-state index contributed by atoms with van der Waals surface area (Å²) in [6.07, 6.45) is 1.05. The predicted octanol–water partition coefficient (Wildman–Crippen LogP) is 2.41. The molecule has 0 amide bonds. The summed E-state index contributed by atoms with van der Waals surface area (Å²) in [7, 11) is 1.38. The number of aryl methyl sites for hydroxylation is 1. The highest BCUT2D eigenvalue weighted by Crippen LogP contribution is 2.09. The Bertz CT molecular complexity index is 314. The number of hydrogen-bond acceptors (Lipinski definition) is 2. The lowest BCUT2D eigenvalue weighted by molar-refractivity contribution is 0.0982. The summed E-state index contributed by atoms with van der Waals surface area (Å²) in [6, 6.07) is 8.37. The summed E-state index contributed by atoms with van der Waals surface area (Å²) in [4.78, 5) is 0. The Kier molecular flexibility index (Phi) is 4.57. The number of benzene rings is 1. The average Bonchev–Trinajstić information content (AvgIpc) is 2.25. The predicted molar refractivity (Wildman–Crippen MR) is 69.1 cm³/mol. The van der Waals surface area contributed by atoms with Crippen molar-refractivity contribution in [2.45, 2.75) is 39.7 Å². The highest BCUT2D eigenvalue weighted by molar-refractivity contribution is 6.61. The van der Waals surface area contributed by atoms with Crippen molar-refractivity contribution in [1.29, 1.82) is 0 Å². The SMILES string of the molecule is CCc1ccc(B(OC)OC(C)(C)C)cc1. The van der Waals surface area contributed by atoms with Gasteiger partial charge in [-0.2, -0.15) is 0 Å². The van der Waals surface area contributed by atoms with Crippen LogP contribution in [0.2, 0.25) is 0 Å². The Morgan fingerprint density at radius 1 is 1.12 bits per heavy atom. The maximum Gasteiger partial charge on any atom is 0.494 e. The fourth-order valence-corrected chi connectivity index (χ4v) is 1.48. The summed E-state index contributed by atoms with van der Waals surface area (Å²) >= 11 is 0. The van der Waals surface area contributed by atoms with Crippen molar-refractivity contribution < 1.29 is 9.31 Å². The third-order valence-corrected chi connectivity index (χ3v) is 2.33. The van der Waals surface area contributed by atoms with Crippen LogP contribution in [0.3, 0.4) is 0 Å². The molecule has 0 atom stereocenters. The Morgan fingerprint density at radius 3 is 2.06 bits per heavy atom. The van der Waals surface area contributed by atoms with E-state index >= 15 is 0 Å². The largest absolute Gasteiger partial charge is 0.494 e. The van der Waals surface area contributed by atoms with Gasteiger partial charge < -0.3 is 9.31 Å². The van der Waals surface area contributed by atoms with Crippen LogP contribution < -0.4 is 5.46 Å². The van der Waals surface area contributed by atoms with E-state index in [9.17, 15) is 0 Å². The zero-order valence-corrected chi connectivity index (χ0v) is 10.9. The first kappa shape index (κ1) is 13.3. The fourth-order valence-electron chi connectivity index (χ4n) is 1.48. The Balaban J connectivity index is 2.79. The third kappa shape index (κ3) is 3.99. The molecule has 0 bridgehead atoms. The van der Waals surface area contributed by atoms with E-state index in [1.165, 1.54) is 5.56 Å². The fraction of sp³-hybridized carbons (Fsp3) is 0.538. The maximum atomic E-state index is 5.82. The van der Waals surface area contributed by atoms with Gasteiger partial charge in [0, 0.05) is 12.7 Å². The van der Waals surface area contributed by atoms with Crippen LogP contribution in [-0.4, -0.2) is 19.8 Å². The number of rotatable bonds is 4. The molecule has 2 nitrogen and oxygen atoms in total. The smallest absolute Gasteiger partial charge is 0.410 e. The summed E-state index contributed by atoms with van der Waals surface area (Å²) in [5, 5.41) is 0. The average molecular weight is 220 g/mol. The molecule has 0 saturated carbocycles. The summed E-state index contributed by atoms with van der Waals surface area (Å²) < 4.78 is 11.2. The van der Waals surface area contributed by atoms with Gasteiger partial charge in [0.15, 0.2) is 0 Å². The highest BCUT2D eigenvalue weighted by atomic mass is 16.6. The topological polar surface area (TPSA) is 18.5 Å². The molecule has 0 heterocycles. The maximum absolute atomic E-state index is 5.82. The third-order valence-electron chi connectivity index (χ3n) is 2.33. The van der Waals surface area contributed by atoms with Gasteiger partial charge in [-0.3, -0.25) is 0 Å². The molecule has 0 unspecified atom stereocenters. The van der Waals surface area contributed by atoms with Crippen LogP contribution in [0.15, 0.2) is 24.3 Å². The second kappa shape index (κ2) is 5.51. The highest BCUT2D eigenvalue weighted by Gasteiger charge is 2.25. The van der Waals surface area contributed by atoms with Gasteiger partial charge in [-0.15, -0.1) is 0 Å². The van der Waals surface area contributed by atoms with Crippen LogP contribution in [0.4, 0.5) is 0 Å². The molecule has 88 valence electrons. The lowest BCUT2D eigenvalue weighted by Gasteiger charge is -2.24. The van der Waals surface area contributed by atoms with Gasteiger partial charge in [0.2, 0.25) is 0 Å². The molecule has 1 aromatic carbocycles. The molecule has 0 aliphatic carbocycles. The molecular formula is C13H21BO2. The minimum Gasteiger partial charge on any atom is -0.410 e. The Labute approximate surface area is 99.1 Å². The van der Waals surface area contributed by atoms with Crippen molar-refractivity contribution in [2.24, 2.45) is 0 Å². The van der Waals surface area contributed by atoms with Crippen molar-refractivity contribution >= 4 is 12.6 Å². The number of hydrogen-bond donors (Lipinski definition) is 0. The second-order valence-electron chi connectivity index (χ2n) is 4.89. The van der Waals surface area contributed by atoms with E-state index in [2.05, 4.69) is 31.2 Å². The minimum absolute atomic E-state index is 0.204. The van der Waals surface area contributed by atoms with E-state index in [-0.39, 0.29) is 12.7 Å². The van der Waals surface area contributed by atoms with Crippen molar-refractivity contribution in [3.8, 4) is 0 Å². The quantitative estimate of drug-likeness (QED) is 0.725. The first-order chi connectivity index (χ1) is 7.46. The van der Waals surface area contributed by atoms with E-state index in [0.717, 1.165) is 11.9 Å². The summed E-state index contributed by atoms with van der Waals surface area (Å²) in [5.41, 5.74) is 2.19. The van der Waals surface area contributed by atoms with Gasteiger partial charge in [0.05, 0.1) is 0 Å². The van der Waals surface area contributed by atoms with Gasteiger partial charge in [0.1, 0.15) is 0 Å². The molecule has 0 saturated heterocycles.